The van der Waals surface area contributed by atoms with Gasteiger partial charge in [-0.15, -0.1) is 0 Å². The van der Waals surface area contributed by atoms with Gasteiger partial charge >= 0.3 is 6.03 Å². The molecule has 1 aliphatic rings. The molecule has 1 aromatic heterocycles. The van der Waals surface area contributed by atoms with Crippen LogP contribution < -0.4 is 5.32 Å². The number of halogens is 3. The van der Waals surface area contributed by atoms with E-state index in [0.29, 0.717) is 18.7 Å². The Bertz CT molecular complexity index is 1020. The van der Waals surface area contributed by atoms with E-state index in [2.05, 4.69) is 5.32 Å². The van der Waals surface area contributed by atoms with E-state index in [0.717, 1.165) is 49.8 Å². The maximum absolute atomic E-state index is 14.1. The predicted molar refractivity (Wildman–Crippen MR) is 118 cm³/mol. The summed E-state index contributed by atoms with van der Waals surface area (Å²) >= 11 is 0. The molecule has 0 spiro atoms. The van der Waals surface area contributed by atoms with E-state index in [4.69, 9.17) is 0 Å². The normalized spacial score (nSPS) is 14.7. The largest absolute Gasteiger partial charge is 0.324 e. The van der Waals surface area contributed by atoms with Gasteiger partial charge in [-0.3, -0.25) is 0 Å². The lowest BCUT2D eigenvalue weighted by atomic mass is 10.1. The molecule has 7 heteroatoms. The summed E-state index contributed by atoms with van der Waals surface area (Å²) in [6, 6.07) is 12.2. The highest BCUT2D eigenvalue weighted by Crippen LogP contribution is 2.26. The van der Waals surface area contributed by atoms with Gasteiger partial charge in [0.15, 0.2) is 11.6 Å². The summed E-state index contributed by atoms with van der Waals surface area (Å²) < 4.78 is 43.5. The summed E-state index contributed by atoms with van der Waals surface area (Å²) in [4.78, 5) is 14.8. The van der Waals surface area contributed by atoms with Gasteiger partial charge in [-0.25, -0.2) is 18.0 Å². The highest BCUT2D eigenvalue weighted by Gasteiger charge is 2.26. The molecule has 4 rings (SSSR count). The summed E-state index contributed by atoms with van der Waals surface area (Å²) in [6.45, 7) is 0.312. The van der Waals surface area contributed by atoms with E-state index in [1.165, 1.54) is 0 Å². The van der Waals surface area contributed by atoms with E-state index in [1.54, 1.807) is 4.90 Å². The van der Waals surface area contributed by atoms with Gasteiger partial charge in [0.1, 0.15) is 11.5 Å². The Morgan fingerprint density at radius 3 is 2.12 bits per heavy atom. The van der Waals surface area contributed by atoms with Crippen LogP contribution >= 0.6 is 0 Å². The molecule has 1 N–H and O–H groups in total. The van der Waals surface area contributed by atoms with Crippen molar-refractivity contribution in [3.63, 3.8) is 0 Å². The number of urea groups is 1. The molecule has 3 aromatic rings. The van der Waals surface area contributed by atoms with Crippen LogP contribution in [0, 0.1) is 17.5 Å². The number of benzene rings is 2. The first kappa shape index (κ1) is 22.0. The Labute approximate surface area is 185 Å². The number of anilines is 1. The zero-order chi connectivity index (χ0) is 22.5. The van der Waals surface area contributed by atoms with Crippen LogP contribution in [0.3, 0.4) is 0 Å². The van der Waals surface area contributed by atoms with Gasteiger partial charge in [0.05, 0.1) is 0 Å². The lowest BCUT2D eigenvalue weighted by Gasteiger charge is -2.31. The summed E-state index contributed by atoms with van der Waals surface area (Å²) in [5, 5.41) is 2.34. The SMILES string of the molecule is O=C(Nc1c(F)cc(F)cc1F)N(Cc1ccc(-n2cccc2)cc1)C1CCCCCC1. The average molecular weight is 441 g/mol. The topological polar surface area (TPSA) is 37.3 Å². The first-order valence-electron chi connectivity index (χ1n) is 11.0. The van der Waals surface area contributed by atoms with Crippen LogP contribution in [0.1, 0.15) is 44.1 Å². The van der Waals surface area contributed by atoms with Crippen LogP contribution in [-0.2, 0) is 6.54 Å². The smallest absolute Gasteiger partial charge is 0.322 e. The lowest BCUT2D eigenvalue weighted by molar-refractivity contribution is 0.175. The van der Waals surface area contributed by atoms with Crippen molar-refractivity contribution >= 4 is 11.7 Å². The lowest BCUT2D eigenvalue weighted by Crippen LogP contribution is -2.42. The molecule has 2 amide bonds. The Kier molecular flexibility index (Phi) is 6.83. The van der Waals surface area contributed by atoms with Gasteiger partial charge in [-0.05, 0) is 42.7 Å². The molecule has 0 radical (unpaired) electrons. The number of nitrogens with one attached hydrogen (secondary N) is 1. The van der Waals surface area contributed by atoms with Gasteiger partial charge in [0.25, 0.3) is 0 Å². The van der Waals surface area contributed by atoms with Crippen molar-refractivity contribution in [1.29, 1.82) is 0 Å². The van der Waals surface area contributed by atoms with Crippen molar-refractivity contribution in [3.05, 3.63) is 83.9 Å². The van der Waals surface area contributed by atoms with Crippen molar-refractivity contribution in [2.45, 2.75) is 51.1 Å². The quantitative estimate of drug-likeness (QED) is 0.442. The molecular weight excluding hydrogens is 415 g/mol. The van der Waals surface area contributed by atoms with Crippen LogP contribution in [0.25, 0.3) is 5.69 Å². The van der Waals surface area contributed by atoms with E-state index < -0.39 is 29.2 Å². The summed E-state index contributed by atoms with van der Waals surface area (Å²) in [5.74, 6) is -3.29. The fraction of sp³-hybridized carbons (Fsp3) is 0.320. The minimum Gasteiger partial charge on any atom is -0.324 e. The monoisotopic (exact) mass is 441 g/mol. The minimum atomic E-state index is -1.13. The van der Waals surface area contributed by atoms with Crippen LogP contribution in [0.5, 0.6) is 0 Å². The second-order valence-corrected chi connectivity index (χ2v) is 8.20. The third-order valence-electron chi connectivity index (χ3n) is 5.96. The molecule has 1 aliphatic carbocycles. The Morgan fingerprint density at radius 2 is 1.53 bits per heavy atom. The van der Waals surface area contributed by atoms with E-state index in [9.17, 15) is 18.0 Å². The second kappa shape index (κ2) is 9.94. The highest BCUT2D eigenvalue weighted by molar-refractivity contribution is 5.89. The minimum absolute atomic E-state index is 0.0341. The number of carbonyl (C=O) groups excluding carboxylic acids is 1. The molecule has 1 heterocycles. The number of aromatic nitrogens is 1. The molecule has 1 saturated carbocycles. The predicted octanol–water partition coefficient (Wildman–Crippen LogP) is 6.65. The molecule has 0 aliphatic heterocycles. The van der Waals surface area contributed by atoms with Crippen molar-refractivity contribution < 1.29 is 18.0 Å². The average Bonchev–Trinajstić information content (AvgIpc) is 3.18. The van der Waals surface area contributed by atoms with E-state index in [1.807, 2.05) is 53.4 Å². The summed E-state index contributed by atoms with van der Waals surface area (Å²) in [7, 11) is 0. The molecule has 0 unspecified atom stereocenters. The first-order chi connectivity index (χ1) is 15.5. The maximum Gasteiger partial charge on any atom is 0.322 e. The number of hydrogen-bond donors (Lipinski definition) is 1. The fourth-order valence-corrected chi connectivity index (χ4v) is 4.25. The standard InChI is InChI=1S/C25H26F3N3O/c26-19-15-22(27)24(23(28)16-19)29-25(32)31(21-7-3-1-2-4-8-21)17-18-9-11-20(12-10-18)30-13-5-6-14-30/h5-6,9-16,21H,1-4,7-8,17H2,(H,29,32). The molecule has 0 bridgehead atoms. The molecule has 4 nitrogen and oxygen atoms in total. The van der Waals surface area contributed by atoms with Crippen molar-refractivity contribution in [2.75, 3.05) is 5.32 Å². The van der Waals surface area contributed by atoms with Crippen LogP contribution in [0.2, 0.25) is 0 Å². The van der Waals surface area contributed by atoms with Crippen LogP contribution in [-0.4, -0.2) is 21.5 Å². The number of hydrogen-bond acceptors (Lipinski definition) is 1. The molecule has 32 heavy (non-hydrogen) atoms. The first-order valence-corrected chi connectivity index (χ1v) is 11.0. The molecule has 168 valence electrons. The fourth-order valence-electron chi connectivity index (χ4n) is 4.25. The number of amides is 2. The Balaban J connectivity index is 1.56. The third kappa shape index (κ3) is 5.15. The van der Waals surface area contributed by atoms with Crippen LogP contribution in [0.4, 0.5) is 23.7 Å². The Hall–Kier alpha value is -3.22. The molecule has 1 fully saturated rings. The van der Waals surface area contributed by atoms with Gasteiger partial charge in [0.2, 0.25) is 0 Å². The zero-order valence-electron chi connectivity index (χ0n) is 17.7. The Morgan fingerprint density at radius 1 is 0.938 bits per heavy atom. The van der Waals surface area contributed by atoms with E-state index in [-0.39, 0.29) is 6.04 Å². The number of carbonyl (C=O) groups is 1. The second-order valence-electron chi connectivity index (χ2n) is 8.20. The number of nitrogens with zero attached hydrogens (tertiary/aromatic N) is 2. The summed E-state index contributed by atoms with van der Waals surface area (Å²) in [5.41, 5.74) is 1.29. The van der Waals surface area contributed by atoms with Crippen molar-refractivity contribution in [3.8, 4) is 5.69 Å². The summed E-state index contributed by atoms with van der Waals surface area (Å²) in [6.07, 6.45) is 9.79. The highest BCUT2D eigenvalue weighted by atomic mass is 19.1. The van der Waals surface area contributed by atoms with Gasteiger partial charge in [-0.1, -0.05) is 37.8 Å². The molecule has 0 saturated heterocycles. The molecule has 0 atom stereocenters. The van der Waals surface area contributed by atoms with Crippen molar-refractivity contribution in [2.24, 2.45) is 0 Å². The van der Waals surface area contributed by atoms with Gasteiger partial charge in [-0.2, -0.15) is 0 Å². The van der Waals surface area contributed by atoms with Crippen LogP contribution in [0.15, 0.2) is 60.9 Å². The van der Waals surface area contributed by atoms with Gasteiger partial charge in [0, 0.05) is 42.8 Å². The molecule has 2 aromatic carbocycles. The molecular formula is C25H26F3N3O. The third-order valence-corrected chi connectivity index (χ3v) is 5.96. The maximum atomic E-state index is 14.1. The zero-order valence-corrected chi connectivity index (χ0v) is 17.7. The number of rotatable bonds is 5. The van der Waals surface area contributed by atoms with Gasteiger partial charge < -0.3 is 14.8 Å². The van der Waals surface area contributed by atoms with E-state index >= 15 is 0 Å². The van der Waals surface area contributed by atoms with Crippen molar-refractivity contribution in [1.82, 2.24) is 9.47 Å².